The molecule has 2 amide bonds. The van der Waals surface area contributed by atoms with Crippen LogP contribution in [0.25, 0.3) is 16.7 Å². The van der Waals surface area contributed by atoms with E-state index < -0.39 is 12.0 Å². The second-order valence-electron chi connectivity index (χ2n) is 6.48. The molecule has 0 radical (unpaired) electrons. The molecule has 0 saturated carbocycles. The summed E-state index contributed by atoms with van der Waals surface area (Å²) in [5, 5.41) is 0. The summed E-state index contributed by atoms with van der Waals surface area (Å²) in [4.78, 5) is 28.9. The van der Waals surface area contributed by atoms with E-state index in [2.05, 4.69) is 15.8 Å². The third-order valence-corrected chi connectivity index (χ3v) is 4.62. The first-order valence-corrected chi connectivity index (χ1v) is 8.90. The van der Waals surface area contributed by atoms with E-state index in [0.717, 1.165) is 29.0 Å². The molecule has 138 valence electrons. The van der Waals surface area contributed by atoms with E-state index >= 15 is 0 Å². The lowest BCUT2D eigenvalue weighted by Crippen LogP contribution is -2.46. The molecule has 1 atom stereocenters. The first-order chi connectivity index (χ1) is 13.1. The summed E-state index contributed by atoms with van der Waals surface area (Å²) in [6, 6.07) is 15.2. The van der Waals surface area contributed by atoms with E-state index in [-0.39, 0.29) is 5.91 Å². The molecule has 7 heteroatoms. The van der Waals surface area contributed by atoms with Crippen LogP contribution in [0.15, 0.2) is 48.5 Å². The summed E-state index contributed by atoms with van der Waals surface area (Å²) >= 11 is 0. The van der Waals surface area contributed by atoms with Crippen LogP contribution in [0.2, 0.25) is 0 Å². The number of hydrogen-bond acceptors (Lipinski definition) is 4. The third kappa shape index (κ3) is 3.41. The highest BCUT2D eigenvalue weighted by molar-refractivity contribution is 5.98. The van der Waals surface area contributed by atoms with E-state index in [1.165, 1.54) is 0 Å². The number of imidazole rings is 1. The number of benzene rings is 2. The first-order valence-electron chi connectivity index (χ1n) is 8.90. The lowest BCUT2D eigenvalue weighted by Gasteiger charge is -2.11. The van der Waals surface area contributed by atoms with Crippen molar-refractivity contribution in [2.75, 3.05) is 6.61 Å². The lowest BCUT2D eigenvalue weighted by molar-refractivity contribution is -0.130. The quantitative estimate of drug-likeness (QED) is 0.698. The van der Waals surface area contributed by atoms with Crippen LogP contribution in [0.4, 0.5) is 0 Å². The maximum absolute atomic E-state index is 12.4. The van der Waals surface area contributed by atoms with Crippen molar-refractivity contribution in [3.8, 4) is 5.69 Å². The lowest BCUT2D eigenvalue weighted by atomic mass is 10.2. The molecule has 1 aromatic heterocycles. The molecule has 1 saturated heterocycles. The molecule has 3 aromatic rings. The van der Waals surface area contributed by atoms with Crippen LogP contribution >= 0.6 is 0 Å². The number of hydrogen-bond donors (Lipinski definition) is 2. The Labute approximate surface area is 156 Å². The highest BCUT2D eigenvalue weighted by Crippen LogP contribution is 2.22. The van der Waals surface area contributed by atoms with Crippen LogP contribution in [0.3, 0.4) is 0 Å². The van der Waals surface area contributed by atoms with Crippen molar-refractivity contribution in [3.05, 3.63) is 59.9 Å². The highest BCUT2D eigenvalue weighted by Gasteiger charge is 2.24. The van der Waals surface area contributed by atoms with Gasteiger partial charge in [0.05, 0.1) is 11.0 Å². The second kappa shape index (κ2) is 7.20. The molecule has 0 aliphatic carbocycles. The molecule has 0 spiro atoms. The molecule has 4 rings (SSSR count). The predicted octanol–water partition coefficient (Wildman–Crippen LogP) is 2.27. The van der Waals surface area contributed by atoms with Gasteiger partial charge in [0.1, 0.15) is 11.9 Å². The van der Waals surface area contributed by atoms with Crippen LogP contribution in [-0.4, -0.2) is 34.1 Å². The maximum Gasteiger partial charge on any atom is 0.269 e. The van der Waals surface area contributed by atoms with Crippen molar-refractivity contribution in [1.82, 2.24) is 20.4 Å². The van der Waals surface area contributed by atoms with Crippen LogP contribution in [0.1, 0.15) is 29.0 Å². The molecular formula is C20H20N4O3. The maximum atomic E-state index is 12.4. The van der Waals surface area contributed by atoms with Crippen molar-refractivity contribution in [2.45, 2.75) is 25.9 Å². The number of aromatic nitrogens is 2. The molecule has 1 aliphatic rings. The van der Waals surface area contributed by atoms with Crippen molar-refractivity contribution < 1.29 is 14.3 Å². The smallest absolute Gasteiger partial charge is 0.269 e. The Bertz CT molecular complexity index is 991. The minimum absolute atomic E-state index is 0.328. The SMILES string of the molecule is Cc1nc2cc(C(=O)NNC(=O)C3CCCO3)ccc2n1-c1ccccc1. The standard InChI is InChI=1S/C20H20N4O3/c1-13-21-16-12-14(19(25)22-23-20(26)18-8-5-11-27-18)9-10-17(16)24(13)15-6-3-2-4-7-15/h2-4,6-7,9-10,12,18H,5,8,11H2,1H3,(H,22,25)(H,23,26). The van der Waals surface area contributed by atoms with Crippen LogP contribution in [0, 0.1) is 6.92 Å². The Morgan fingerprint density at radius 3 is 2.70 bits per heavy atom. The molecular weight excluding hydrogens is 344 g/mol. The van der Waals surface area contributed by atoms with Gasteiger partial charge in [0.15, 0.2) is 0 Å². The summed E-state index contributed by atoms with van der Waals surface area (Å²) < 4.78 is 7.33. The number of carbonyl (C=O) groups is 2. The average Bonchev–Trinajstić information content (AvgIpc) is 3.33. The monoisotopic (exact) mass is 364 g/mol. The first kappa shape index (κ1) is 17.2. The van der Waals surface area contributed by atoms with Gasteiger partial charge in [-0.3, -0.25) is 25.0 Å². The van der Waals surface area contributed by atoms with Gasteiger partial charge in [-0.2, -0.15) is 0 Å². The fourth-order valence-electron chi connectivity index (χ4n) is 3.30. The van der Waals surface area contributed by atoms with Gasteiger partial charge in [-0.15, -0.1) is 0 Å². The number of fused-ring (bicyclic) bond motifs is 1. The van der Waals surface area contributed by atoms with Gasteiger partial charge in [0.25, 0.3) is 11.8 Å². The zero-order valence-electron chi connectivity index (χ0n) is 14.9. The fourth-order valence-corrected chi connectivity index (χ4v) is 3.30. The van der Waals surface area contributed by atoms with Crippen LogP contribution in [0.5, 0.6) is 0 Å². The van der Waals surface area contributed by atoms with E-state index in [9.17, 15) is 9.59 Å². The largest absolute Gasteiger partial charge is 0.368 e. The van der Waals surface area contributed by atoms with Crippen molar-refractivity contribution in [2.24, 2.45) is 0 Å². The molecule has 2 N–H and O–H groups in total. The average molecular weight is 364 g/mol. The van der Waals surface area contributed by atoms with Crippen LogP contribution < -0.4 is 10.9 Å². The molecule has 2 heterocycles. The molecule has 27 heavy (non-hydrogen) atoms. The summed E-state index contributed by atoms with van der Waals surface area (Å²) in [5.74, 6) is 0.113. The molecule has 7 nitrogen and oxygen atoms in total. The van der Waals surface area contributed by atoms with E-state index in [1.54, 1.807) is 12.1 Å². The number of hydrazine groups is 1. The highest BCUT2D eigenvalue weighted by atomic mass is 16.5. The Morgan fingerprint density at radius 2 is 1.96 bits per heavy atom. The number of para-hydroxylation sites is 1. The Kier molecular flexibility index (Phi) is 4.60. The summed E-state index contributed by atoms with van der Waals surface area (Å²) in [6.07, 6.45) is 1.03. The number of aryl methyl sites for hydroxylation is 1. The van der Waals surface area contributed by atoms with Gasteiger partial charge >= 0.3 is 0 Å². The normalized spacial score (nSPS) is 16.4. The topological polar surface area (TPSA) is 85.2 Å². The molecule has 2 aromatic carbocycles. The summed E-state index contributed by atoms with van der Waals surface area (Å²) in [6.45, 7) is 2.50. The minimum atomic E-state index is -0.489. The van der Waals surface area contributed by atoms with Gasteiger partial charge in [-0.05, 0) is 50.1 Å². The number of amides is 2. The van der Waals surface area contributed by atoms with Crippen molar-refractivity contribution in [1.29, 1.82) is 0 Å². The van der Waals surface area contributed by atoms with Crippen molar-refractivity contribution in [3.63, 3.8) is 0 Å². The Morgan fingerprint density at radius 1 is 1.15 bits per heavy atom. The van der Waals surface area contributed by atoms with Gasteiger partial charge in [-0.1, -0.05) is 18.2 Å². The van der Waals surface area contributed by atoms with Crippen molar-refractivity contribution >= 4 is 22.8 Å². The zero-order chi connectivity index (χ0) is 18.8. The van der Waals surface area contributed by atoms with Gasteiger partial charge in [-0.25, -0.2) is 4.98 Å². The Hall–Kier alpha value is -3.19. The second-order valence-corrected chi connectivity index (χ2v) is 6.48. The van der Waals surface area contributed by atoms with Gasteiger partial charge < -0.3 is 4.74 Å². The number of nitrogens with zero attached hydrogens (tertiary/aromatic N) is 2. The number of carbonyl (C=O) groups excluding carboxylic acids is 2. The number of rotatable bonds is 3. The van der Waals surface area contributed by atoms with E-state index in [4.69, 9.17) is 4.74 Å². The fraction of sp³-hybridized carbons (Fsp3) is 0.250. The molecule has 0 bridgehead atoms. The molecule has 1 fully saturated rings. The van der Waals surface area contributed by atoms with Gasteiger partial charge in [0, 0.05) is 17.9 Å². The Balaban J connectivity index is 1.53. The third-order valence-electron chi connectivity index (χ3n) is 4.62. The summed E-state index contributed by atoms with van der Waals surface area (Å²) in [5.41, 5.74) is 7.93. The predicted molar refractivity (Wildman–Crippen MR) is 100 cm³/mol. The van der Waals surface area contributed by atoms with E-state index in [0.29, 0.717) is 18.6 Å². The zero-order valence-corrected chi connectivity index (χ0v) is 14.9. The minimum Gasteiger partial charge on any atom is -0.368 e. The van der Waals surface area contributed by atoms with E-state index in [1.807, 2.05) is 47.9 Å². The summed E-state index contributed by atoms with van der Waals surface area (Å²) in [7, 11) is 0. The van der Waals surface area contributed by atoms with Gasteiger partial charge in [0.2, 0.25) is 0 Å². The van der Waals surface area contributed by atoms with Crippen LogP contribution in [-0.2, 0) is 9.53 Å². The number of ether oxygens (including phenoxy) is 1. The molecule has 1 unspecified atom stereocenters. The molecule has 1 aliphatic heterocycles. The number of nitrogens with one attached hydrogen (secondary N) is 2.